The van der Waals surface area contributed by atoms with Crippen LogP contribution in [0.1, 0.15) is 116 Å². The summed E-state index contributed by atoms with van der Waals surface area (Å²) in [6.07, 6.45) is 20.7. The maximum absolute atomic E-state index is 11.6. The average molecular weight is 371 g/mol. The second-order valence-electron chi connectivity index (χ2n) is 7.73. The fourth-order valence-corrected chi connectivity index (χ4v) is 3.24. The van der Waals surface area contributed by atoms with E-state index in [1.54, 1.807) is 0 Å². The van der Waals surface area contributed by atoms with Crippen LogP contribution in [0.5, 0.6) is 0 Å². The first kappa shape index (κ1) is 25.4. The first-order valence-electron chi connectivity index (χ1n) is 11.4. The molecule has 0 spiro atoms. The van der Waals surface area contributed by atoms with Crippen LogP contribution < -0.4 is 11.1 Å². The lowest BCUT2D eigenvalue weighted by atomic mass is 10.0. The Bertz CT molecular complexity index is 298. The number of unbranched alkanes of at least 4 members (excludes halogenated alkanes) is 14. The summed E-state index contributed by atoms with van der Waals surface area (Å²) in [5.41, 5.74) is 5.32. The third kappa shape index (κ3) is 19.7. The topological polar surface area (TPSA) is 75.3 Å². The number of nitrogens with one attached hydrogen (secondary N) is 1. The van der Waals surface area contributed by atoms with Gasteiger partial charge in [-0.3, -0.25) is 4.79 Å². The maximum Gasteiger partial charge on any atom is 0.219 e. The van der Waals surface area contributed by atoms with Crippen LogP contribution in [0, 0.1) is 0 Å². The summed E-state index contributed by atoms with van der Waals surface area (Å²) in [4.78, 5) is 11.6. The van der Waals surface area contributed by atoms with E-state index in [1.807, 2.05) is 0 Å². The van der Waals surface area contributed by atoms with Crippen LogP contribution >= 0.6 is 0 Å². The number of aliphatic hydroxyl groups excluding tert-OH is 1. The molecular weight excluding hydrogens is 324 g/mol. The molecule has 4 N–H and O–H groups in total. The van der Waals surface area contributed by atoms with Crippen molar-refractivity contribution in [2.75, 3.05) is 13.1 Å². The monoisotopic (exact) mass is 370 g/mol. The van der Waals surface area contributed by atoms with Gasteiger partial charge in [0.2, 0.25) is 5.91 Å². The van der Waals surface area contributed by atoms with Gasteiger partial charge >= 0.3 is 0 Å². The molecule has 0 saturated carbocycles. The number of rotatable bonds is 20. The van der Waals surface area contributed by atoms with Gasteiger partial charge in [0.1, 0.15) is 0 Å². The minimum absolute atomic E-state index is 0.101. The van der Waals surface area contributed by atoms with E-state index >= 15 is 0 Å². The predicted octanol–water partition coefficient (Wildman–Crippen LogP) is 5.07. The van der Waals surface area contributed by atoms with Crippen LogP contribution in [0.25, 0.3) is 0 Å². The predicted molar refractivity (Wildman–Crippen MR) is 112 cm³/mol. The van der Waals surface area contributed by atoms with E-state index in [0.29, 0.717) is 19.4 Å². The lowest BCUT2D eigenvalue weighted by molar-refractivity contribution is -0.121. The van der Waals surface area contributed by atoms with E-state index in [0.717, 1.165) is 12.8 Å². The Labute approximate surface area is 162 Å². The zero-order chi connectivity index (χ0) is 19.3. The van der Waals surface area contributed by atoms with Crippen LogP contribution in [0.2, 0.25) is 0 Å². The van der Waals surface area contributed by atoms with Crippen molar-refractivity contribution >= 4 is 5.91 Å². The minimum atomic E-state index is -0.499. The molecule has 0 heterocycles. The summed E-state index contributed by atoms with van der Waals surface area (Å²) in [7, 11) is 0. The van der Waals surface area contributed by atoms with Gasteiger partial charge in [-0.1, -0.05) is 96.8 Å². The van der Waals surface area contributed by atoms with Gasteiger partial charge in [-0.25, -0.2) is 0 Å². The molecule has 156 valence electrons. The van der Waals surface area contributed by atoms with E-state index in [2.05, 4.69) is 12.2 Å². The molecule has 1 unspecified atom stereocenters. The van der Waals surface area contributed by atoms with Crippen molar-refractivity contribution in [2.45, 2.75) is 122 Å². The van der Waals surface area contributed by atoms with Crippen molar-refractivity contribution < 1.29 is 9.90 Å². The number of hydrogen-bond acceptors (Lipinski definition) is 3. The first-order valence-corrected chi connectivity index (χ1v) is 11.4. The largest absolute Gasteiger partial charge is 0.392 e. The SMILES string of the molecule is CCCCCCCCCCCCCCCCCC(=O)NCCC(O)CN. The van der Waals surface area contributed by atoms with Crippen molar-refractivity contribution in [3.63, 3.8) is 0 Å². The maximum atomic E-state index is 11.6. The summed E-state index contributed by atoms with van der Waals surface area (Å²) in [6.45, 7) is 3.06. The Hall–Kier alpha value is -0.610. The zero-order valence-corrected chi connectivity index (χ0v) is 17.4. The Balaban J connectivity index is 3.14. The van der Waals surface area contributed by atoms with Crippen molar-refractivity contribution in [1.29, 1.82) is 0 Å². The Kier molecular flexibility index (Phi) is 20.2. The molecule has 1 amide bonds. The molecule has 26 heavy (non-hydrogen) atoms. The Morgan fingerprint density at radius 3 is 1.65 bits per heavy atom. The molecule has 0 aromatic heterocycles. The van der Waals surface area contributed by atoms with Gasteiger partial charge in [-0.05, 0) is 12.8 Å². The highest BCUT2D eigenvalue weighted by molar-refractivity contribution is 5.75. The van der Waals surface area contributed by atoms with Gasteiger partial charge in [0.15, 0.2) is 0 Å². The van der Waals surface area contributed by atoms with Gasteiger partial charge in [0, 0.05) is 19.5 Å². The quantitative estimate of drug-likeness (QED) is 0.262. The number of hydrogen-bond donors (Lipinski definition) is 3. The summed E-state index contributed by atoms with van der Waals surface area (Å²) < 4.78 is 0. The lowest BCUT2D eigenvalue weighted by Crippen LogP contribution is -2.29. The first-order chi connectivity index (χ1) is 12.7. The molecular formula is C22H46N2O2. The highest BCUT2D eigenvalue weighted by Crippen LogP contribution is 2.13. The minimum Gasteiger partial charge on any atom is -0.392 e. The molecule has 0 aromatic rings. The second kappa shape index (κ2) is 20.7. The van der Waals surface area contributed by atoms with Crippen LogP contribution in [-0.4, -0.2) is 30.2 Å². The van der Waals surface area contributed by atoms with Crippen molar-refractivity contribution in [3.05, 3.63) is 0 Å². The molecule has 4 nitrogen and oxygen atoms in total. The van der Waals surface area contributed by atoms with Crippen molar-refractivity contribution in [2.24, 2.45) is 5.73 Å². The molecule has 0 fully saturated rings. The van der Waals surface area contributed by atoms with E-state index in [9.17, 15) is 9.90 Å². The molecule has 0 bridgehead atoms. The van der Waals surface area contributed by atoms with Gasteiger partial charge < -0.3 is 16.2 Å². The van der Waals surface area contributed by atoms with Crippen LogP contribution in [0.4, 0.5) is 0 Å². The van der Waals surface area contributed by atoms with E-state index < -0.39 is 6.10 Å². The van der Waals surface area contributed by atoms with Crippen molar-refractivity contribution in [3.8, 4) is 0 Å². The molecule has 0 aliphatic heterocycles. The van der Waals surface area contributed by atoms with Crippen molar-refractivity contribution in [1.82, 2.24) is 5.32 Å². The molecule has 0 aliphatic rings. The molecule has 0 rings (SSSR count). The summed E-state index contributed by atoms with van der Waals surface area (Å²) >= 11 is 0. The number of amides is 1. The van der Waals surface area contributed by atoms with Gasteiger partial charge in [0.25, 0.3) is 0 Å². The third-order valence-electron chi connectivity index (χ3n) is 5.08. The van der Waals surface area contributed by atoms with E-state index in [4.69, 9.17) is 5.73 Å². The van der Waals surface area contributed by atoms with E-state index in [-0.39, 0.29) is 12.5 Å². The smallest absolute Gasteiger partial charge is 0.219 e. The highest BCUT2D eigenvalue weighted by Gasteiger charge is 2.03. The Morgan fingerprint density at radius 2 is 1.23 bits per heavy atom. The summed E-state index contributed by atoms with van der Waals surface area (Å²) in [5, 5.41) is 12.2. The highest BCUT2D eigenvalue weighted by atomic mass is 16.3. The zero-order valence-electron chi connectivity index (χ0n) is 17.4. The molecule has 0 radical (unpaired) electrons. The average Bonchev–Trinajstić information content (AvgIpc) is 2.64. The molecule has 0 saturated heterocycles. The van der Waals surface area contributed by atoms with Gasteiger partial charge in [0.05, 0.1) is 6.10 Å². The fraction of sp³-hybridized carbons (Fsp3) is 0.955. The molecule has 0 aromatic carbocycles. The number of carbonyl (C=O) groups excluding carboxylic acids is 1. The number of carbonyl (C=O) groups is 1. The summed E-state index contributed by atoms with van der Waals surface area (Å²) in [5.74, 6) is 0.101. The fourth-order valence-electron chi connectivity index (χ4n) is 3.24. The number of nitrogens with two attached hydrogens (primary N) is 1. The molecule has 1 atom stereocenters. The molecule has 4 heteroatoms. The van der Waals surface area contributed by atoms with Crippen LogP contribution in [0.15, 0.2) is 0 Å². The van der Waals surface area contributed by atoms with Gasteiger partial charge in [-0.15, -0.1) is 0 Å². The second-order valence-corrected chi connectivity index (χ2v) is 7.73. The Morgan fingerprint density at radius 1 is 0.808 bits per heavy atom. The lowest BCUT2D eigenvalue weighted by Gasteiger charge is -2.08. The van der Waals surface area contributed by atoms with Gasteiger partial charge in [-0.2, -0.15) is 0 Å². The normalized spacial score (nSPS) is 12.3. The summed E-state index contributed by atoms with van der Waals surface area (Å²) in [6, 6.07) is 0. The van der Waals surface area contributed by atoms with Crippen LogP contribution in [-0.2, 0) is 4.79 Å². The number of aliphatic hydroxyl groups is 1. The molecule has 0 aliphatic carbocycles. The van der Waals surface area contributed by atoms with E-state index in [1.165, 1.54) is 83.5 Å². The standard InChI is InChI=1S/C22H46N2O2/c1-2-3-4-5-6-7-8-9-10-11-12-13-14-15-16-17-22(26)24-19-18-21(25)20-23/h21,25H,2-20,23H2,1H3,(H,24,26). The van der Waals surface area contributed by atoms with Crippen LogP contribution in [0.3, 0.4) is 0 Å². The third-order valence-corrected chi connectivity index (χ3v) is 5.08.